The maximum atomic E-state index is 13.2. The number of H-pyrrole nitrogens is 1. The molecule has 24 heavy (non-hydrogen) atoms. The number of anilines is 1. The number of hydrogen-bond donors (Lipinski definition) is 2. The van der Waals surface area contributed by atoms with Crippen molar-refractivity contribution in [1.29, 1.82) is 0 Å². The van der Waals surface area contributed by atoms with E-state index in [9.17, 15) is 13.2 Å². The quantitative estimate of drug-likeness (QED) is 0.753. The number of nitrogens with zero attached hydrogens (tertiary/aromatic N) is 3. The standard InChI is InChI=1S/C16H16F3N5/c1-8(2)11-7-12(23-15(22-11)16(17,18)19)10-6-13(20-3)24-14-9(10)4-5-21-14/h4-8H,1-3H3,(H2,20,21,24). The van der Waals surface area contributed by atoms with Gasteiger partial charge in [0.1, 0.15) is 11.5 Å². The SMILES string of the molecule is CNc1cc(-c2cc(C(C)C)nc(C(F)(F)F)n2)c2cc[nH]c2n1. The van der Waals surface area contributed by atoms with E-state index >= 15 is 0 Å². The third-order valence-corrected chi connectivity index (χ3v) is 3.65. The van der Waals surface area contributed by atoms with Crippen LogP contribution in [0.2, 0.25) is 0 Å². The molecule has 3 heterocycles. The first-order valence-corrected chi connectivity index (χ1v) is 7.42. The van der Waals surface area contributed by atoms with Gasteiger partial charge in [-0.05, 0) is 24.1 Å². The lowest BCUT2D eigenvalue weighted by atomic mass is 10.0. The molecule has 8 heteroatoms. The summed E-state index contributed by atoms with van der Waals surface area (Å²) < 4.78 is 39.5. The highest BCUT2D eigenvalue weighted by atomic mass is 19.4. The van der Waals surface area contributed by atoms with Crippen molar-refractivity contribution in [2.45, 2.75) is 25.9 Å². The number of pyridine rings is 1. The Hall–Kier alpha value is -2.64. The molecule has 5 nitrogen and oxygen atoms in total. The lowest BCUT2D eigenvalue weighted by Crippen LogP contribution is -2.14. The van der Waals surface area contributed by atoms with E-state index in [1.54, 1.807) is 45.3 Å². The second-order valence-electron chi connectivity index (χ2n) is 5.70. The van der Waals surface area contributed by atoms with Gasteiger partial charge in [0.05, 0.1) is 5.69 Å². The molecule has 126 valence electrons. The smallest absolute Gasteiger partial charge is 0.373 e. The van der Waals surface area contributed by atoms with Crippen LogP contribution in [0, 0.1) is 0 Å². The second-order valence-corrected chi connectivity index (χ2v) is 5.70. The lowest BCUT2D eigenvalue weighted by molar-refractivity contribution is -0.145. The van der Waals surface area contributed by atoms with Crippen molar-refractivity contribution in [3.8, 4) is 11.3 Å². The number of fused-ring (bicyclic) bond motifs is 1. The molecule has 0 saturated heterocycles. The first-order valence-electron chi connectivity index (χ1n) is 7.42. The summed E-state index contributed by atoms with van der Waals surface area (Å²) in [4.78, 5) is 14.7. The molecule has 0 amide bonds. The normalized spacial score (nSPS) is 12.1. The third-order valence-electron chi connectivity index (χ3n) is 3.65. The summed E-state index contributed by atoms with van der Waals surface area (Å²) in [7, 11) is 1.70. The molecule has 0 unspecified atom stereocenters. The van der Waals surface area contributed by atoms with Gasteiger partial charge in [0.15, 0.2) is 0 Å². The first-order chi connectivity index (χ1) is 11.3. The highest BCUT2D eigenvalue weighted by Crippen LogP contribution is 2.33. The third kappa shape index (κ3) is 2.91. The van der Waals surface area contributed by atoms with Crippen LogP contribution >= 0.6 is 0 Å². The molecule has 0 spiro atoms. The monoisotopic (exact) mass is 335 g/mol. The van der Waals surface area contributed by atoms with Crippen molar-refractivity contribution < 1.29 is 13.2 Å². The molecule has 0 aromatic carbocycles. The summed E-state index contributed by atoms with van der Waals surface area (Å²) in [5.41, 5.74) is 1.72. The van der Waals surface area contributed by atoms with Crippen LogP contribution in [0.5, 0.6) is 0 Å². The number of halogens is 3. The van der Waals surface area contributed by atoms with Crippen LogP contribution in [-0.2, 0) is 6.18 Å². The van der Waals surface area contributed by atoms with Gasteiger partial charge in [-0.2, -0.15) is 13.2 Å². The predicted molar refractivity (Wildman–Crippen MR) is 85.8 cm³/mol. The molecular formula is C16H16F3N5. The van der Waals surface area contributed by atoms with E-state index in [0.29, 0.717) is 28.1 Å². The van der Waals surface area contributed by atoms with Gasteiger partial charge in [0, 0.05) is 29.9 Å². The van der Waals surface area contributed by atoms with Crippen LogP contribution in [-0.4, -0.2) is 27.0 Å². The number of aromatic amines is 1. The maximum Gasteiger partial charge on any atom is 0.451 e. The van der Waals surface area contributed by atoms with E-state index in [0.717, 1.165) is 0 Å². The predicted octanol–water partition coefficient (Wildman–Crippen LogP) is 4.20. The van der Waals surface area contributed by atoms with Crippen molar-refractivity contribution >= 4 is 16.9 Å². The van der Waals surface area contributed by atoms with Crippen LogP contribution < -0.4 is 5.32 Å². The Labute approximate surface area is 136 Å². The van der Waals surface area contributed by atoms with Crippen LogP contribution in [0.4, 0.5) is 19.0 Å². The average molecular weight is 335 g/mol. The van der Waals surface area contributed by atoms with Crippen molar-refractivity contribution in [2.24, 2.45) is 0 Å². The Morgan fingerprint density at radius 1 is 1.12 bits per heavy atom. The topological polar surface area (TPSA) is 66.5 Å². The molecule has 3 aromatic rings. The zero-order valence-electron chi connectivity index (χ0n) is 13.4. The second kappa shape index (κ2) is 5.77. The van der Waals surface area contributed by atoms with Gasteiger partial charge < -0.3 is 10.3 Å². The Kier molecular flexibility index (Phi) is 3.90. The van der Waals surface area contributed by atoms with Gasteiger partial charge in [-0.1, -0.05) is 13.8 Å². The molecule has 0 atom stereocenters. The lowest BCUT2D eigenvalue weighted by Gasteiger charge is -2.13. The summed E-state index contributed by atoms with van der Waals surface area (Å²) in [5.74, 6) is -0.742. The Morgan fingerprint density at radius 2 is 1.88 bits per heavy atom. The number of aromatic nitrogens is 4. The molecule has 0 bridgehead atoms. The minimum Gasteiger partial charge on any atom is -0.373 e. The van der Waals surface area contributed by atoms with E-state index in [2.05, 4.69) is 25.3 Å². The summed E-state index contributed by atoms with van der Waals surface area (Å²) in [6, 6.07) is 5.05. The summed E-state index contributed by atoms with van der Waals surface area (Å²) >= 11 is 0. The van der Waals surface area contributed by atoms with Gasteiger partial charge >= 0.3 is 6.18 Å². The van der Waals surface area contributed by atoms with Crippen molar-refractivity contribution in [3.63, 3.8) is 0 Å². The van der Waals surface area contributed by atoms with Gasteiger partial charge in [0.2, 0.25) is 5.82 Å². The van der Waals surface area contributed by atoms with Crippen LogP contribution in [0.3, 0.4) is 0 Å². The molecule has 0 aliphatic carbocycles. The molecule has 0 aliphatic rings. The average Bonchev–Trinajstić information content (AvgIpc) is 3.00. The molecule has 3 rings (SSSR count). The number of rotatable bonds is 3. The van der Waals surface area contributed by atoms with E-state index in [1.807, 2.05) is 0 Å². The molecular weight excluding hydrogens is 319 g/mol. The Bertz CT molecular complexity index is 883. The zero-order valence-corrected chi connectivity index (χ0v) is 13.4. The van der Waals surface area contributed by atoms with Crippen LogP contribution in [0.25, 0.3) is 22.3 Å². The van der Waals surface area contributed by atoms with Gasteiger partial charge in [0.25, 0.3) is 0 Å². The van der Waals surface area contributed by atoms with E-state index in [-0.39, 0.29) is 11.6 Å². The molecule has 0 fully saturated rings. The van der Waals surface area contributed by atoms with Gasteiger partial charge in [-0.25, -0.2) is 15.0 Å². The van der Waals surface area contributed by atoms with Gasteiger partial charge in [-0.3, -0.25) is 0 Å². The van der Waals surface area contributed by atoms with Gasteiger partial charge in [-0.15, -0.1) is 0 Å². The van der Waals surface area contributed by atoms with Crippen LogP contribution in [0.15, 0.2) is 24.4 Å². The highest BCUT2D eigenvalue weighted by Gasteiger charge is 2.35. The van der Waals surface area contributed by atoms with E-state index in [1.165, 1.54) is 0 Å². The fourth-order valence-corrected chi connectivity index (χ4v) is 2.40. The molecule has 3 aromatic heterocycles. The van der Waals surface area contributed by atoms with E-state index in [4.69, 9.17) is 0 Å². The summed E-state index contributed by atoms with van der Waals surface area (Å²) in [6.07, 6.45) is -2.91. The maximum absolute atomic E-state index is 13.2. The fraction of sp³-hybridized carbons (Fsp3) is 0.312. The molecule has 0 saturated carbocycles. The van der Waals surface area contributed by atoms with Crippen molar-refractivity contribution in [2.75, 3.05) is 12.4 Å². The molecule has 0 aliphatic heterocycles. The number of alkyl halides is 3. The first kappa shape index (κ1) is 16.2. The Balaban J connectivity index is 2.29. The highest BCUT2D eigenvalue weighted by molar-refractivity contribution is 5.93. The summed E-state index contributed by atoms with van der Waals surface area (Å²) in [6.45, 7) is 3.59. The largest absolute Gasteiger partial charge is 0.451 e. The minimum atomic E-state index is -4.60. The summed E-state index contributed by atoms with van der Waals surface area (Å²) in [5, 5.41) is 3.61. The number of hydrogen-bond acceptors (Lipinski definition) is 4. The zero-order chi connectivity index (χ0) is 17.5. The Morgan fingerprint density at radius 3 is 2.50 bits per heavy atom. The molecule has 2 N–H and O–H groups in total. The number of nitrogens with one attached hydrogen (secondary N) is 2. The minimum absolute atomic E-state index is 0.153. The van der Waals surface area contributed by atoms with Crippen molar-refractivity contribution in [1.82, 2.24) is 19.9 Å². The van der Waals surface area contributed by atoms with Crippen LogP contribution in [0.1, 0.15) is 31.3 Å². The van der Waals surface area contributed by atoms with E-state index < -0.39 is 12.0 Å². The van der Waals surface area contributed by atoms with Crippen molar-refractivity contribution in [3.05, 3.63) is 35.9 Å². The fourth-order valence-electron chi connectivity index (χ4n) is 2.40. The molecule has 0 radical (unpaired) electrons.